The normalized spacial score (nSPS) is 19.3. The minimum absolute atomic E-state index is 0.0580. The Morgan fingerprint density at radius 1 is 1.28 bits per heavy atom. The number of amides is 1. The Kier molecular flexibility index (Phi) is 5.39. The lowest BCUT2D eigenvalue weighted by Crippen LogP contribution is -2.39. The maximum atomic E-state index is 12.8. The summed E-state index contributed by atoms with van der Waals surface area (Å²) in [5.41, 5.74) is 2.12. The van der Waals surface area contributed by atoms with Gasteiger partial charge in [-0.15, -0.1) is 11.3 Å². The van der Waals surface area contributed by atoms with E-state index in [9.17, 15) is 13.2 Å². The number of aryl methyl sites for hydroxylation is 1. The molecule has 1 saturated heterocycles. The molecule has 2 aromatic rings. The molecule has 1 fully saturated rings. The number of hydrogen-bond donors (Lipinski definition) is 0. The monoisotopic (exact) mass is 375 g/mol. The van der Waals surface area contributed by atoms with Crippen molar-refractivity contribution in [1.82, 2.24) is 4.90 Å². The summed E-state index contributed by atoms with van der Waals surface area (Å²) in [6.45, 7) is 2.47. The first kappa shape index (κ1) is 17.9. The smallest absolute Gasteiger partial charge is 0.247 e. The molecule has 0 spiro atoms. The van der Waals surface area contributed by atoms with Crippen molar-refractivity contribution in [3.63, 3.8) is 0 Å². The van der Waals surface area contributed by atoms with Gasteiger partial charge in [0.15, 0.2) is 9.84 Å². The minimum atomic E-state index is -3.04. The van der Waals surface area contributed by atoms with E-state index < -0.39 is 9.84 Å². The number of sulfone groups is 1. The first-order valence-electron chi connectivity index (χ1n) is 8.21. The van der Waals surface area contributed by atoms with Gasteiger partial charge in [0.1, 0.15) is 0 Å². The molecule has 6 heteroatoms. The summed E-state index contributed by atoms with van der Waals surface area (Å²) in [6.07, 6.45) is 3.84. The summed E-state index contributed by atoms with van der Waals surface area (Å²) in [5.74, 6) is 0.0758. The van der Waals surface area contributed by atoms with Gasteiger partial charge in [-0.1, -0.05) is 35.9 Å². The zero-order valence-corrected chi connectivity index (χ0v) is 15.7. The van der Waals surface area contributed by atoms with Gasteiger partial charge in [0.05, 0.1) is 18.1 Å². The molecule has 1 aliphatic rings. The molecular weight excluding hydrogens is 354 g/mol. The van der Waals surface area contributed by atoms with E-state index in [1.807, 2.05) is 48.7 Å². The maximum absolute atomic E-state index is 12.8. The molecule has 25 heavy (non-hydrogen) atoms. The Hall–Kier alpha value is -1.92. The summed E-state index contributed by atoms with van der Waals surface area (Å²) >= 11 is 1.58. The Bertz CT molecular complexity index is 853. The number of benzene rings is 1. The molecule has 2 heterocycles. The third-order valence-electron chi connectivity index (χ3n) is 4.33. The average molecular weight is 376 g/mol. The van der Waals surface area contributed by atoms with Crippen molar-refractivity contribution in [3.05, 3.63) is 63.9 Å². The zero-order chi connectivity index (χ0) is 17.9. The van der Waals surface area contributed by atoms with Crippen LogP contribution >= 0.6 is 11.3 Å². The molecule has 1 aliphatic heterocycles. The van der Waals surface area contributed by atoms with Gasteiger partial charge in [-0.3, -0.25) is 4.79 Å². The van der Waals surface area contributed by atoms with Gasteiger partial charge in [-0.25, -0.2) is 8.42 Å². The van der Waals surface area contributed by atoms with Gasteiger partial charge in [-0.05, 0) is 36.4 Å². The standard InChI is InChI=1S/C19H21NO3S2/c1-15-4-6-16(7-5-15)8-9-19(21)20(13-18-3-2-11-24-18)17-10-12-25(22,23)14-17/h2-9,11,17H,10,12-14H2,1H3/b9-8+. The Balaban J connectivity index is 1.78. The molecule has 132 valence electrons. The van der Waals surface area contributed by atoms with E-state index in [0.717, 1.165) is 10.4 Å². The second-order valence-corrected chi connectivity index (χ2v) is 9.61. The zero-order valence-electron chi connectivity index (χ0n) is 14.1. The number of nitrogens with zero attached hydrogens (tertiary/aromatic N) is 1. The highest BCUT2D eigenvalue weighted by atomic mass is 32.2. The Morgan fingerprint density at radius 3 is 2.64 bits per heavy atom. The largest absolute Gasteiger partial charge is 0.330 e. The van der Waals surface area contributed by atoms with Gasteiger partial charge < -0.3 is 4.90 Å². The fourth-order valence-electron chi connectivity index (χ4n) is 2.92. The number of hydrogen-bond acceptors (Lipinski definition) is 4. The summed E-state index contributed by atoms with van der Waals surface area (Å²) in [4.78, 5) is 15.5. The van der Waals surface area contributed by atoms with Gasteiger partial charge >= 0.3 is 0 Å². The SMILES string of the molecule is Cc1ccc(/C=C/C(=O)N(Cc2cccs2)C2CCS(=O)(=O)C2)cc1. The number of thiophene rings is 1. The van der Waals surface area contributed by atoms with E-state index >= 15 is 0 Å². The highest BCUT2D eigenvalue weighted by Gasteiger charge is 2.34. The van der Waals surface area contributed by atoms with Crippen LogP contribution in [-0.4, -0.2) is 36.8 Å². The van der Waals surface area contributed by atoms with E-state index in [1.165, 1.54) is 5.56 Å². The predicted octanol–water partition coefficient (Wildman–Crippen LogP) is 3.29. The number of carbonyl (C=O) groups excluding carboxylic acids is 1. The van der Waals surface area contributed by atoms with Crippen molar-refractivity contribution in [1.29, 1.82) is 0 Å². The summed E-state index contributed by atoms with van der Waals surface area (Å²) in [6, 6.07) is 11.6. The molecule has 0 radical (unpaired) electrons. The van der Waals surface area contributed by atoms with Crippen LogP contribution in [0.5, 0.6) is 0 Å². The van der Waals surface area contributed by atoms with Crippen LogP contribution in [0, 0.1) is 6.92 Å². The van der Waals surface area contributed by atoms with Crippen molar-refractivity contribution in [2.75, 3.05) is 11.5 Å². The topological polar surface area (TPSA) is 54.5 Å². The lowest BCUT2D eigenvalue weighted by Gasteiger charge is -2.26. The molecule has 4 nitrogen and oxygen atoms in total. The number of rotatable bonds is 5. The average Bonchev–Trinajstić information content (AvgIpc) is 3.21. The van der Waals surface area contributed by atoms with E-state index in [-0.39, 0.29) is 23.5 Å². The fraction of sp³-hybridized carbons (Fsp3) is 0.316. The molecule has 0 N–H and O–H groups in total. The molecule has 0 aliphatic carbocycles. The van der Waals surface area contributed by atoms with E-state index in [2.05, 4.69) is 0 Å². The summed E-state index contributed by atoms with van der Waals surface area (Å²) < 4.78 is 23.7. The molecule has 1 aromatic heterocycles. The van der Waals surface area contributed by atoms with Crippen LogP contribution in [0.15, 0.2) is 47.9 Å². The Labute approximate surface area is 152 Å². The first-order valence-corrected chi connectivity index (χ1v) is 10.9. The molecule has 1 amide bonds. The predicted molar refractivity (Wildman–Crippen MR) is 102 cm³/mol. The van der Waals surface area contributed by atoms with Gasteiger partial charge in [-0.2, -0.15) is 0 Å². The van der Waals surface area contributed by atoms with Gasteiger partial charge in [0.25, 0.3) is 0 Å². The third-order valence-corrected chi connectivity index (χ3v) is 6.95. The van der Waals surface area contributed by atoms with Crippen molar-refractivity contribution in [2.24, 2.45) is 0 Å². The molecule has 0 saturated carbocycles. The van der Waals surface area contributed by atoms with Crippen LogP contribution in [-0.2, 0) is 21.2 Å². The van der Waals surface area contributed by atoms with Crippen LogP contribution in [0.4, 0.5) is 0 Å². The van der Waals surface area contributed by atoms with Crippen molar-refractivity contribution in [2.45, 2.75) is 25.9 Å². The summed E-state index contributed by atoms with van der Waals surface area (Å²) in [7, 11) is -3.04. The summed E-state index contributed by atoms with van der Waals surface area (Å²) in [5, 5.41) is 1.96. The second-order valence-electron chi connectivity index (χ2n) is 6.35. The van der Waals surface area contributed by atoms with Crippen molar-refractivity contribution < 1.29 is 13.2 Å². The van der Waals surface area contributed by atoms with Gasteiger partial charge in [0.2, 0.25) is 5.91 Å². The lowest BCUT2D eigenvalue weighted by molar-refractivity contribution is -0.128. The van der Waals surface area contributed by atoms with Crippen LogP contribution in [0.3, 0.4) is 0 Å². The maximum Gasteiger partial charge on any atom is 0.247 e. The highest BCUT2D eigenvalue weighted by Crippen LogP contribution is 2.22. The molecule has 1 unspecified atom stereocenters. The lowest BCUT2D eigenvalue weighted by atomic mass is 10.1. The van der Waals surface area contributed by atoms with Crippen molar-refractivity contribution in [3.8, 4) is 0 Å². The Morgan fingerprint density at radius 2 is 2.04 bits per heavy atom. The van der Waals surface area contributed by atoms with E-state index in [0.29, 0.717) is 13.0 Å². The first-order chi connectivity index (χ1) is 11.9. The van der Waals surface area contributed by atoms with Crippen molar-refractivity contribution >= 4 is 33.2 Å². The van der Waals surface area contributed by atoms with E-state index in [4.69, 9.17) is 0 Å². The third kappa shape index (κ3) is 4.80. The van der Waals surface area contributed by atoms with Crippen LogP contribution in [0.2, 0.25) is 0 Å². The van der Waals surface area contributed by atoms with Crippen LogP contribution in [0.1, 0.15) is 22.4 Å². The van der Waals surface area contributed by atoms with Crippen LogP contribution < -0.4 is 0 Å². The molecular formula is C19H21NO3S2. The number of carbonyl (C=O) groups is 1. The van der Waals surface area contributed by atoms with E-state index in [1.54, 1.807) is 28.4 Å². The second kappa shape index (κ2) is 7.54. The fourth-order valence-corrected chi connectivity index (χ4v) is 5.35. The molecule has 0 bridgehead atoms. The van der Waals surface area contributed by atoms with Gasteiger partial charge in [0, 0.05) is 17.0 Å². The molecule has 1 atom stereocenters. The van der Waals surface area contributed by atoms with Crippen LogP contribution in [0.25, 0.3) is 6.08 Å². The quantitative estimate of drug-likeness (QED) is 0.754. The minimum Gasteiger partial charge on any atom is -0.330 e. The molecule has 3 rings (SSSR count). The molecule has 1 aromatic carbocycles. The highest BCUT2D eigenvalue weighted by molar-refractivity contribution is 7.91.